The molecular formula is C16H20N2O3S. The highest BCUT2D eigenvalue weighted by atomic mass is 32.2. The summed E-state index contributed by atoms with van der Waals surface area (Å²) in [4.78, 5) is 15.3. The Kier molecular flexibility index (Phi) is 4.71. The van der Waals surface area contributed by atoms with Gasteiger partial charge in [-0.15, -0.1) is 0 Å². The number of H-pyrrole nitrogens is 1. The Hall–Kier alpha value is -2.08. The molecule has 0 aliphatic carbocycles. The zero-order valence-electron chi connectivity index (χ0n) is 12.9. The minimum atomic E-state index is -3.47. The van der Waals surface area contributed by atoms with Gasteiger partial charge in [0.1, 0.15) is 0 Å². The molecular weight excluding hydrogens is 300 g/mol. The van der Waals surface area contributed by atoms with Gasteiger partial charge in [-0.05, 0) is 24.0 Å². The van der Waals surface area contributed by atoms with Crippen LogP contribution in [-0.4, -0.2) is 19.7 Å². The zero-order chi connectivity index (χ0) is 16.3. The Morgan fingerprint density at radius 2 is 1.82 bits per heavy atom. The van der Waals surface area contributed by atoms with Crippen LogP contribution in [0.15, 0.2) is 41.2 Å². The van der Waals surface area contributed by atoms with Gasteiger partial charge >= 0.3 is 0 Å². The Labute approximate surface area is 130 Å². The molecule has 0 unspecified atom stereocenters. The van der Waals surface area contributed by atoms with Crippen LogP contribution in [0.3, 0.4) is 0 Å². The van der Waals surface area contributed by atoms with Gasteiger partial charge in [0, 0.05) is 5.69 Å². The molecule has 5 nitrogen and oxygen atoms in total. The molecule has 0 radical (unpaired) electrons. The molecule has 0 spiro atoms. The van der Waals surface area contributed by atoms with Crippen molar-refractivity contribution in [2.45, 2.75) is 20.3 Å². The first-order valence-corrected chi connectivity index (χ1v) is 8.95. The largest absolute Gasteiger partial charge is 0.326 e. The fraction of sp³-hybridized carbons (Fsp3) is 0.312. The summed E-state index contributed by atoms with van der Waals surface area (Å²) in [6.07, 6.45) is 1.74. The lowest BCUT2D eigenvalue weighted by molar-refractivity contribution is 0.607. The third-order valence-corrected chi connectivity index (χ3v) is 3.67. The van der Waals surface area contributed by atoms with Crippen LogP contribution in [0, 0.1) is 5.92 Å². The molecule has 6 heteroatoms. The highest BCUT2D eigenvalue weighted by Gasteiger charge is 2.15. The van der Waals surface area contributed by atoms with Crippen LogP contribution in [0.1, 0.15) is 19.5 Å². The van der Waals surface area contributed by atoms with Gasteiger partial charge in [-0.3, -0.25) is 9.52 Å². The number of hydrogen-bond acceptors (Lipinski definition) is 3. The molecule has 0 fully saturated rings. The van der Waals surface area contributed by atoms with E-state index in [9.17, 15) is 13.2 Å². The number of aromatic nitrogens is 1. The number of sulfonamides is 1. The Bertz CT molecular complexity index is 809. The molecule has 1 heterocycles. The third-order valence-electron chi connectivity index (χ3n) is 3.08. The molecule has 0 saturated carbocycles. The van der Waals surface area contributed by atoms with E-state index in [2.05, 4.69) is 9.71 Å². The number of rotatable bonds is 5. The second-order valence-electron chi connectivity index (χ2n) is 5.75. The van der Waals surface area contributed by atoms with Crippen LogP contribution >= 0.6 is 0 Å². The van der Waals surface area contributed by atoms with E-state index in [0.29, 0.717) is 34.8 Å². The standard InChI is InChI=1S/C16H20N2O3S/c1-11(2)9-13-10-14(18-22(3,20)21)15(16(19)17-13)12-7-5-4-6-8-12/h4-8,10-11H,9H2,1-3H3,(H2,17,18,19). The minimum absolute atomic E-state index is 0.296. The van der Waals surface area contributed by atoms with E-state index in [1.54, 1.807) is 30.3 Å². The van der Waals surface area contributed by atoms with Crippen molar-refractivity contribution in [2.75, 3.05) is 11.0 Å². The molecule has 1 aromatic carbocycles. The first kappa shape index (κ1) is 16.3. The first-order chi connectivity index (χ1) is 10.3. The van der Waals surface area contributed by atoms with Gasteiger partial charge in [0.15, 0.2) is 0 Å². The number of pyridine rings is 1. The lowest BCUT2D eigenvalue weighted by atomic mass is 10.0. The predicted molar refractivity (Wildman–Crippen MR) is 89.5 cm³/mol. The topological polar surface area (TPSA) is 79.0 Å². The molecule has 0 atom stereocenters. The summed E-state index contributed by atoms with van der Waals surface area (Å²) < 4.78 is 25.7. The molecule has 118 valence electrons. The molecule has 2 rings (SSSR count). The minimum Gasteiger partial charge on any atom is -0.326 e. The van der Waals surface area contributed by atoms with Crippen molar-refractivity contribution in [3.63, 3.8) is 0 Å². The van der Waals surface area contributed by atoms with Crippen molar-refractivity contribution >= 4 is 15.7 Å². The van der Waals surface area contributed by atoms with Crippen molar-refractivity contribution < 1.29 is 8.42 Å². The van der Waals surface area contributed by atoms with Gasteiger partial charge in [0.05, 0.1) is 17.5 Å². The van der Waals surface area contributed by atoms with Gasteiger partial charge in [0.25, 0.3) is 5.56 Å². The average molecular weight is 320 g/mol. The highest BCUT2D eigenvalue weighted by Crippen LogP contribution is 2.26. The van der Waals surface area contributed by atoms with Crippen molar-refractivity contribution in [3.05, 3.63) is 52.4 Å². The van der Waals surface area contributed by atoms with Gasteiger partial charge in [0.2, 0.25) is 10.0 Å². The highest BCUT2D eigenvalue weighted by molar-refractivity contribution is 7.92. The number of hydrogen-bond donors (Lipinski definition) is 2. The van der Waals surface area contributed by atoms with Crippen LogP contribution in [0.25, 0.3) is 11.1 Å². The maximum atomic E-state index is 12.4. The fourth-order valence-corrected chi connectivity index (χ4v) is 2.90. The van der Waals surface area contributed by atoms with Gasteiger partial charge in [-0.25, -0.2) is 8.42 Å². The van der Waals surface area contributed by atoms with E-state index in [-0.39, 0.29) is 5.56 Å². The van der Waals surface area contributed by atoms with Crippen LogP contribution < -0.4 is 10.3 Å². The maximum absolute atomic E-state index is 12.4. The van der Waals surface area contributed by atoms with Crippen molar-refractivity contribution in [1.82, 2.24) is 4.98 Å². The van der Waals surface area contributed by atoms with Gasteiger partial charge in [-0.2, -0.15) is 0 Å². The molecule has 0 bridgehead atoms. The normalized spacial score (nSPS) is 11.6. The fourth-order valence-electron chi connectivity index (χ4n) is 2.33. The summed E-state index contributed by atoms with van der Waals surface area (Å²) in [6.45, 7) is 4.07. The van der Waals surface area contributed by atoms with E-state index >= 15 is 0 Å². The van der Waals surface area contributed by atoms with Crippen LogP contribution in [0.2, 0.25) is 0 Å². The lowest BCUT2D eigenvalue weighted by Crippen LogP contribution is -2.19. The van der Waals surface area contributed by atoms with Crippen molar-refractivity contribution in [1.29, 1.82) is 0 Å². The molecule has 1 aromatic heterocycles. The second kappa shape index (κ2) is 6.36. The quantitative estimate of drug-likeness (QED) is 0.889. The van der Waals surface area contributed by atoms with Gasteiger partial charge < -0.3 is 4.98 Å². The second-order valence-corrected chi connectivity index (χ2v) is 7.50. The number of nitrogens with one attached hydrogen (secondary N) is 2. The molecule has 2 N–H and O–H groups in total. The van der Waals surface area contributed by atoms with E-state index in [1.165, 1.54) is 0 Å². The average Bonchev–Trinajstić information content (AvgIpc) is 2.36. The zero-order valence-corrected chi connectivity index (χ0v) is 13.7. The number of benzene rings is 1. The van der Waals surface area contributed by atoms with E-state index < -0.39 is 10.0 Å². The van der Waals surface area contributed by atoms with E-state index in [4.69, 9.17) is 0 Å². The molecule has 0 aliphatic heterocycles. The monoisotopic (exact) mass is 320 g/mol. The van der Waals surface area contributed by atoms with Crippen molar-refractivity contribution in [2.24, 2.45) is 5.92 Å². The number of anilines is 1. The summed E-state index contributed by atoms with van der Waals surface area (Å²) in [5, 5.41) is 0. The third kappa shape index (κ3) is 4.21. The Morgan fingerprint density at radius 1 is 1.18 bits per heavy atom. The Morgan fingerprint density at radius 3 is 2.36 bits per heavy atom. The summed E-state index contributed by atoms with van der Waals surface area (Å²) >= 11 is 0. The van der Waals surface area contributed by atoms with Crippen molar-refractivity contribution in [3.8, 4) is 11.1 Å². The maximum Gasteiger partial charge on any atom is 0.258 e. The van der Waals surface area contributed by atoms with Gasteiger partial charge in [-0.1, -0.05) is 44.2 Å². The molecule has 0 saturated heterocycles. The van der Waals surface area contributed by atoms with E-state index in [1.807, 2.05) is 19.9 Å². The van der Waals surface area contributed by atoms with Crippen LogP contribution in [0.5, 0.6) is 0 Å². The van der Waals surface area contributed by atoms with E-state index in [0.717, 1.165) is 6.26 Å². The molecule has 2 aromatic rings. The Balaban J connectivity index is 2.63. The SMILES string of the molecule is CC(C)Cc1cc(NS(C)(=O)=O)c(-c2ccccc2)c(=O)[nH]1. The van der Waals surface area contributed by atoms with Crippen LogP contribution in [-0.2, 0) is 16.4 Å². The molecule has 0 amide bonds. The number of aromatic amines is 1. The smallest absolute Gasteiger partial charge is 0.258 e. The molecule has 0 aliphatic rings. The summed E-state index contributed by atoms with van der Waals surface area (Å²) in [6, 6.07) is 10.7. The predicted octanol–water partition coefficient (Wildman–Crippen LogP) is 2.61. The lowest BCUT2D eigenvalue weighted by Gasteiger charge is -2.13. The molecule has 22 heavy (non-hydrogen) atoms. The summed E-state index contributed by atoms with van der Waals surface area (Å²) in [7, 11) is -3.47. The van der Waals surface area contributed by atoms with Crippen LogP contribution in [0.4, 0.5) is 5.69 Å². The summed E-state index contributed by atoms with van der Waals surface area (Å²) in [5.74, 6) is 0.351. The summed E-state index contributed by atoms with van der Waals surface area (Å²) in [5.41, 5.74) is 1.74. The first-order valence-electron chi connectivity index (χ1n) is 7.05.